The average molecular weight is 398 g/mol. The first-order valence-electron chi connectivity index (χ1n) is 5.88. The standard InChI is InChI=1S/C11H12BrNO6S2/c1-19-11(16)7-4-8(9(12)20-7)21(17,18)13-3-2-6(5-13)10(14)15/h4,6H,2-3,5H2,1H3,(H,14,15). The number of esters is 1. The molecule has 1 atom stereocenters. The van der Waals surface area contributed by atoms with E-state index in [4.69, 9.17) is 5.11 Å². The molecule has 0 spiro atoms. The molecule has 1 aliphatic heterocycles. The summed E-state index contributed by atoms with van der Waals surface area (Å²) in [5, 5.41) is 8.94. The summed E-state index contributed by atoms with van der Waals surface area (Å²) >= 11 is 4.09. The number of methoxy groups -OCH3 is 1. The van der Waals surface area contributed by atoms with E-state index in [0.717, 1.165) is 15.6 Å². The molecule has 116 valence electrons. The number of hydrogen-bond acceptors (Lipinski definition) is 6. The highest BCUT2D eigenvalue weighted by molar-refractivity contribution is 9.11. The number of carboxylic acids is 1. The number of rotatable bonds is 4. The van der Waals surface area contributed by atoms with Crippen LogP contribution in [0, 0.1) is 5.92 Å². The highest BCUT2D eigenvalue weighted by Crippen LogP contribution is 2.35. The van der Waals surface area contributed by atoms with E-state index in [9.17, 15) is 18.0 Å². The molecular formula is C11H12BrNO6S2. The van der Waals surface area contributed by atoms with Crippen LogP contribution in [0.25, 0.3) is 0 Å². The second kappa shape index (κ2) is 6.03. The van der Waals surface area contributed by atoms with Gasteiger partial charge in [0.1, 0.15) is 9.77 Å². The Morgan fingerprint density at radius 3 is 2.71 bits per heavy atom. The van der Waals surface area contributed by atoms with Gasteiger partial charge in [0.2, 0.25) is 10.0 Å². The maximum Gasteiger partial charge on any atom is 0.348 e. The Balaban J connectivity index is 2.31. The molecule has 1 unspecified atom stereocenters. The van der Waals surface area contributed by atoms with Gasteiger partial charge in [0, 0.05) is 13.1 Å². The molecule has 1 aromatic heterocycles. The van der Waals surface area contributed by atoms with Gasteiger partial charge in [0.25, 0.3) is 0 Å². The molecule has 10 heteroatoms. The second-order valence-corrected chi connectivity index (χ2v) is 8.70. The van der Waals surface area contributed by atoms with Gasteiger partial charge in [-0.15, -0.1) is 11.3 Å². The predicted molar refractivity (Wildman–Crippen MR) is 77.9 cm³/mol. The fraction of sp³-hybridized carbons (Fsp3) is 0.455. The minimum absolute atomic E-state index is 0.0426. The van der Waals surface area contributed by atoms with Crippen molar-refractivity contribution in [2.75, 3.05) is 20.2 Å². The van der Waals surface area contributed by atoms with Crippen LogP contribution in [0.4, 0.5) is 0 Å². The summed E-state index contributed by atoms with van der Waals surface area (Å²) in [6, 6.07) is 1.24. The Hall–Kier alpha value is -0.970. The smallest absolute Gasteiger partial charge is 0.348 e. The Bertz CT molecular complexity index is 683. The minimum atomic E-state index is -3.83. The number of sulfonamides is 1. The highest BCUT2D eigenvalue weighted by Gasteiger charge is 2.37. The van der Waals surface area contributed by atoms with Crippen molar-refractivity contribution in [2.45, 2.75) is 11.3 Å². The summed E-state index contributed by atoms with van der Waals surface area (Å²) in [7, 11) is -2.62. The lowest BCUT2D eigenvalue weighted by molar-refractivity contribution is -0.141. The number of carbonyl (C=O) groups excluding carboxylic acids is 1. The number of nitrogens with zero attached hydrogens (tertiary/aromatic N) is 1. The van der Waals surface area contributed by atoms with Crippen LogP contribution in [-0.2, 0) is 19.6 Å². The monoisotopic (exact) mass is 397 g/mol. The fourth-order valence-corrected chi connectivity index (χ4v) is 5.95. The molecule has 2 rings (SSSR count). The first-order valence-corrected chi connectivity index (χ1v) is 8.93. The van der Waals surface area contributed by atoms with Gasteiger partial charge in [-0.2, -0.15) is 4.31 Å². The fourth-order valence-electron chi connectivity index (χ4n) is 2.02. The molecule has 0 amide bonds. The van der Waals surface area contributed by atoms with Crippen molar-refractivity contribution in [2.24, 2.45) is 5.92 Å². The predicted octanol–water partition coefficient (Wildman–Crippen LogP) is 1.39. The molecule has 1 saturated heterocycles. The van der Waals surface area contributed by atoms with Crippen molar-refractivity contribution in [1.82, 2.24) is 4.31 Å². The first kappa shape index (κ1) is 16.4. The Labute approximate surface area is 133 Å². The number of aliphatic carboxylic acids is 1. The van der Waals surface area contributed by atoms with Crippen molar-refractivity contribution < 1.29 is 27.9 Å². The summed E-state index contributed by atoms with van der Waals surface area (Å²) in [6.07, 6.45) is 0.278. The van der Waals surface area contributed by atoms with Crippen molar-refractivity contribution in [3.05, 3.63) is 14.7 Å². The lowest BCUT2D eigenvalue weighted by atomic mass is 10.1. The molecule has 21 heavy (non-hydrogen) atoms. The van der Waals surface area contributed by atoms with Crippen LogP contribution < -0.4 is 0 Å². The molecule has 1 N–H and O–H groups in total. The summed E-state index contributed by atoms with van der Waals surface area (Å²) in [5.41, 5.74) is 0. The topological polar surface area (TPSA) is 101 Å². The number of thiophene rings is 1. The maximum atomic E-state index is 12.5. The number of ether oxygens (including phenoxy) is 1. The largest absolute Gasteiger partial charge is 0.481 e. The van der Waals surface area contributed by atoms with Crippen LogP contribution in [-0.4, -0.2) is 50.0 Å². The molecule has 0 saturated carbocycles. The van der Waals surface area contributed by atoms with Crippen LogP contribution in [0.3, 0.4) is 0 Å². The van der Waals surface area contributed by atoms with Gasteiger partial charge < -0.3 is 9.84 Å². The number of carboxylic acid groups (broad SMARTS) is 1. The van der Waals surface area contributed by atoms with Gasteiger partial charge in [-0.05, 0) is 28.4 Å². The quantitative estimate of drug-likeness (QED) is 0.770. The SMILES string of the molecule is COC(=O)c1cc(S(=O)(=O)N2CCC(C(=O)O)C2)c(Br)s1. The van der Waals surface area contributed by atoms with E-state index in [1.54, 1.807) is 0 Å². The maximum absolute atomic E-state index is 12.5. The Morgan fingerprint density at radius 1 is 1.52 bits per heavy atom. The summed E-state index contributed by atoms with van der Waals surface area (Å²) in [5.74, 6) is -2.32. The molecule has 0 aromatic carbocycles. The molecule has 7 nitrogen and oxygen atoms in total. The second-order valence-electron chi connectivity index (χ2n) is 4.43. The van der Waals surface area contributed by atoms with Crippen LogP contribution >= 0.6 is 27.3 Å². The van der Waals surface area contributed by atoms with E-state index in [0.29, 0.717) is 3.79 Å². The van der Waals surface area contributed by atoms with Crippen molar-refractivity contribution in [3.8, 4) is 0 Å². The van der Waals surface area contributed by atoms with E-state index in [2.05, 4.69) is 20.7 Å². The van der Waals surface area contributed by atoms with E-state index in [-0.39, 0.29) is 29.3 Å². The first-order chi connectivity index (χ1) is 9.77. The lowest BCUT2D eigenvalue weighted by Gasteiger charge is -2.15. The van der Waals surface area contributed by atoms with E-state index < -0.39 is 27.9 Å². The average Bonchev–Trinajstić information content (AvgIpc) is 3.04. The zero-order valence-electron chi connectivity index (χ0n) is 10.9. The van der Waals surface area contributed by atoms with Gasteiger partial charge in [0.15, 0.2) is 0 Å². The van der Waals surface area contributed by atoms with Crippen LogP contribution in [0.1, 0.15) is 16.1 Å². The zero-order chi connectivity index (χ0) is 15.8. The molecular weight excluding hydrogens is 386 g/mol. The van der Waals surface area contributed by atoms with E-state index in [1.807, 2.05) is 0 Å². The molecule has 1 aliphatic rings. The van der Waals surface area contributed by atoms with Crippen LogP contribution in [0.2, 0.25) is 0 Å². The van der Waals surface area contributed by atoms with E-state index >= 15 is 0 Å². The molecule has 1 aromatic rings. The van der Waals surface area contributed by atoms with Crippen molar-refractivity contribution in [3.63, 3.8) is 0 Å². The van der Waals surface area contributed by atoms with Gasteiger partial charge in [-0.25, -0.2) is 13.2 Å². The zero-order valence-corrected chi connectivity index (χ0v) is 14.1. The summed E-state index contributed by atoms with van der Waals surface area (Å²) in [4.78, 5) is 22.5. The minimum Gasteiger partial charge on any atom is -0.481 e. The van der Waals surface area contributed by atoms with E-state index in [1.165, 1.54) is 13.2 Å². The van der Waals surface area contributed by atoms with Crippen molar-refractivity contribution >= 4 is 49.2 Å². The number of carbonyl (C=O) groups is 2. The molecule has 2 heterocycles. The number of halogens is 1. The van der Waals surface area contributed by atoms with Crippen LogP contribution in [0.15, 0.2) is 14.7 Å². The molecule has 0 aliphatic carbocycles. The summed E-state index contributed by atoms with van der Waals surface area (Å²) in [6.45, 7) is 0.0860. The normalized spacial score (nSPS) is 19.6. The molecule has 0 radical (unpaired) electrons. The third kappa shape index (κ3) is 3.12. The van der Waals surface area contributed by atoms with Gasteiger partial charge in [0.05, 0.1) is 16.8 Å². The highest BCUT2D eigenvalue weighted by atomic mass is 79.9. The third-order valence-corrected chi connectivity index (χ3v) is 7.26. The lowest BCUT2D eigenvalue weighted by Crippen LogP contribution is -2.30. The van der Waals surface area contributed by atoms with Gasteiger partial charge >= 0.3 is 11.9 Å². The Morgan fingerprint density at radius 2 is 2.19 bits per heavy atom. The van der Waals surface area contributed by atoms with Gasteiger partial charge in [-0.1, -0.05) is 0 Å². The third-order valence-electron chi connectivity index (χ3n) is 3.16. The van der Waals surface area contributed by atoms with Gasteiger partial charge in [-0.3, -0.25) is 4.79 Å². The molecule has 1 fully saturated rings. The Kier molecular flexibility index (Phi) is 4.71. The number of hydrogen-bond donors (Lipinski definition) is 1. The summed E-state index contributed by atoms with van der Waals surface area (Å²) < 4.78 is 31.0. The van der Waals surface area contributed by atoms with Crippen molar-refractivity contribution in [1.29, 1.82) is 0 Å². The molecule has 0 bridgehead atoms. The van der Waals surface area contributed by atoms with Crippen LogP contribution in [0.5, 0.6) is 0 Å².